The monoisotopic (exact) mass is 881 g/mol. The van der Waals surface area contributed by atoms with Crippen LogP contribution in [0.25, 0.3) is 0 Å². The number of aliphatic hydroxyl groups excluding tert-OH is 2. The Bertz CT molecular complexity index is 1200. The van der Waals surface area contributed by atoms with Crippen molar-refractivity contribution in [3.8, 4) is 0 Å². The predicted octanol–water partition coefficient (Wildman–Crippen LogP) is 13.5. The molecule has 0 aliphatic heterocycles. The molecule has 0 aliphatic carbocycles. The van der Waals surface area contributed by atoms with Gasteiger partial charge in [0.25, 0.3) is 0 Å². The van der Waals surface area contributed by atoms with E-state index in [0.29, 0.717) is 12.8 Å². The third kappa shape index (κ3) is 44.1. The maximum Gasteiger partial charge on any atom is 0.472 e. The third-order valence-electron chi connectivity index (χ3n) is 10.2. The number of ether oxygens (including phenoxy) is 2. The number of phosphoric acid groups is 1. The van der Waals surface area contributed by atoms with Gasteiger partial charge in [0.05, 0.1) is 26.4 Å². The quantitative estimate of drug-likeness (QED) is 0.0233. The van der Waals surface area contributed by atoms with Gasteiger partial charge in [0.1, 0.15) is 12.2 Å². The van der Waals surface area contributed by atoms with Gasteiger partial charge in [-0.25, -0.2) is 4.57 Å². The first-order chi connectivity index (χ1) is 29.8. The molecule has 61 heavy (non-hydrogen) atoms. The molecule has 11 heteroatoms. The molecule has 0 saturated carbocycles. The average molecular weight is 881 g/mol. The molecule has 3 N–H and O–H groups in total. The molecular formula is C50H89O10P. The highest BCUT2D eigenvalue weighted by molar-refractivity contribution is 7.47. The van der Waals surface area contributed by atoms with E-state index in [1.54, 1.807) is 0 Å². The van der Waals surface area contributed by atoms with Gasteiger partial charge in [-0.1, -0.05) is 171 Å². The van der Waals surface area contributed by atoms with E-state index >= 15 is 0 Å². The Balaban J connectivity index is 3.90. The van der Waals surface area contributed by atoms with Gasteiger partial charge in [-0.15, -0.1) is 0 Å². The third-order valence-corrected chi connectivity index (χ3v) is 11.2. The molecule has 3 unspecified atom stereocenters. The molecule has 0 heterocycles. The number of esters is 2. The molecule has 0 aromatic rings. The van der Waals surface area contributed by atoms with Crippen LogP contribution in [0, 0.1) is 0 Å². The van der Waals surface area contributed by atoms with E-state index in [4.69, 9.17) is 18.5 Å². The molecule has 0 aromatic heterocycles. The summed E-state index contributed by atoms with van der Waals surface area (Å²) in [6.07, 6.45) is 51.8. The number of aliphatic hydroxyl groups is 2. The Hall–Kier alpha value is -2.33. The van der Waals surface area contributed by atoms with Gasteiger partial charge in [0.15, 0.2) is 0 Å². The minimum absolute atomic E-state index is 0.175. The van der Waals surface area contributed by atoms with Crippen LogP contribution in [0.4, 0.5) is 0 Å². The standard InChI is InChI=1S/C50H89O10P/c1-3-5-7-9-11-13-15-17-19-21-23-25-27-29-31-33-35-37-39-41-49(53)59-47(43-51)45-57-61(55,56)58-46-48(44-52)60-50(54)42-40-38-36-34-32-30-28-26-24-22-20-18-16-14-12-10-8-6-4-2/h11-14,17-20,23,25,47-48,51-52H,3-10,15-16,21-22,24,26-46H2,1-2H3,(H,55,56)/b13-11-,14-12-,19-17-,20-18-,25-23-. The lowest BCUT2D eigenvalue weighted by Gasteiger charge is -2.20. The molecule has 0 saturated heterocycles. The van der Waals surface area contributed by atoms with Crippen LogP contribution < -0.4 is 0 Å². The summed E-state index contributed by atoms with van der Waals surface area (Å²) in [4.78, 5) is 34.6. The highest BCUT2D eigenvalue weighted by Crippen LogP contribution is 2.43. The van der Waals surface area contributed by atoms with Gasteiger partial charge in [0.2, 0.25) is 0 Å². The summed E-state index contributed by atoms with van der Waals surface area (Å²) in [6.45, 7) is 2.15. The zero-order valence-electron chi connectivity index (χ0n) is 38.6. The van der Waals surface area contributed by atoms with E-state index in [-0.39, 0.29) is 12.8 Å². The second kappa shape index (κ2) is 45.7. The van der Waals surface area contributed by atoms with Crippen LogP contribution in [0.3, 0.4) is 0 Å². The van der Waals surface area contributed by atoms with Crippen LogP contribution in [0.5, 0.6) is 0 Å². The topological polar surface area (TPSA) is 149 Å². The van der Waals surface area contributed by atoms with E-state index in [1.807, 2.05) is 0 Å². The molecule has 10 nitrogen and oxygen atoms in total. The van der Waals surface area contributed by atoms with Gasteiger partial charge in [0, 0.05) is 12.8 Å². The Morgan fingerprint density at radius 2 is 0.721 bits per heavy atom. The second-order valence-corrected chi connectivity index (χ2v) is 17.5. The average Bonchev–Trinajstić information content (AvgIpc) is 3.25. The van der Waals surface area contributed by atoms with Crippen LogP contribution in [0.15, 0.2) is 60.8 Å². The SMILES string of the molecule is CCCCC/C=C\C/C=C\C/C=C\CCCCCCCCC(=O)OC(CO)COP(=O)(O)OCC(CO)OC(=O)CCCCCCCCCCC/C=C\C/C=C\CCCCC. The molecule has 0 spiro atoms. The summed E-state index contributed by atoms with van der Waals surface area (Å²) in [5.41, 5.74) is 0. The largest absolute Gasteiger partial charge is 0.472 e. The first-order valence-electron chi connectivity index (χ1n) is 24.2. The van der Waals surface area contributed by atoms with Crippen LogP contribution in [-0.4, -0.2) is 65.7 Å². The fourth-order valence-corrected chi connectivity index (χ4v) is 7.23. The zero-order chi connectivity index (χ0) is 44.8. The van der Waals surface area contributed by atoms with E-state index < -0.39 is 58.4 Å². The van der Waals surface area contributed by atoms with Crippen LogP contribution >= 0.6 is 7.82 Å². The summed E-state index contributed by atoms with van der Waals surface area (Å²) in [7, 11) is -4.65. The Morgan fingerprint density at radius 1 is 0.443 bits per heavy atom. The van der Waals surface area contributed by atoms with Gasteiger partial charge >= 0.3 is 19.8 Å². The summed E-state index contributed by atoms with van der Waals surface area (Å²) in [5, 5.41) is 19.2. The van der Waals surface area contributed by atoms with Crippen LogP contribution in [-0.2, 0) is 32.7 Å². The number of rotatable bonds is 45. The molecule has 0 rings (SSSR count). The van der Waals surface area contributed by atoms with E-state index in [1.165, 1.54) is 83.5 Å². The van der Waals surface area contributed by atoms with Gasteiger partial charge in [-0.3, -0.25) is 18.6 Å². The van der Waals surface area contributed by atoms with Crippen molar-refractivity contribution in [1.29, 1.82) is 0 Å². The Morgan fingerprint density at radius 3 is 1.03 bits per heavy atom. The molecule has 3 atom stereocenters. The number of carbonyl (C=O) groups excluding carboxylic acids is 2. The van der Waals surface area contributed by atoms with Crippen LogP contribution in [0.1, 0.15) is 206 Å². The predicted molar refractivity (Wildman–Crippen MR) is 251 cm³/mol. The first-order valence-corrected chi connectivity index (χ1v) is 25.7. The van der Waals surface area contributed by atoms with Crippen molar-refractivity contribution in [2.75, 3.05) is 26.4 Å². The number of phosphoric ester groups is 1. The zero-order valence-corrected chi connectivity index (χ0v) is 39.5. The summed E-state index contributed by atoms with van der Waals surface area (Å²) in [5.74, 6) is -1.04. The Labute approximate surface area is 372 Å². The minimum Gasteiger partial charge on any atom is -0.457 e. The maximum absolute atomic E-state index is 12.4. The molecule has 0 fully saturated rings. The molecule has 0 bridgehead atoms. The molecular weight excluding hydrogens is 792 g/mol. The van der Waals surface area contributed by atoms with E-state index in [9.17, 15) is 29.3 Å². The van der Waals surface area contributed by atoms with E-state index in [0.717, 1.165) is 83.5 Å². The summed E-state index contributed by atoms with van der Waals surface area (Å²) < 4.78 is 32.7. The molecule has 0 radical (unpaired) electrons. The maximum atomic E-state index is 12.4. The van der Waals surface area contributed by atoms with Crippen molar-refractivity contribution in [2.45, 2.75) is 219 Å². The fourth-order valence-electron chi connectivity index (χ4n) is 6.45. The normalized spacial score (nSPS) is 14.2. The van der Waals surface area contributed by atoms with Crippen LogP contribution in [0.2, 0.25) is 0 Å². The number of carbonyl (C=O) groups is 2. The number of hydrogen-bond acceptors (Lipinski definition) is 9. The second-order valence-electron chi connectivity index (χ2n) is 16.1. The van der Waals surface area contributed by atoms with Crippen molar-refractivity contribution >= 4 is 19.8 Å². The number of allylic oxidation sites excluding steroid dienone is 10. The van der Waals surface area contributed by atoms with Gasteiger partial charge in [-0.05, 0) is 83.5 Å². The van der Waals surface area contributed by atoms with Crippen molar-refractivity contribution in [1.82, 2.24) is 0 Å². The van der Waals surface area contributed by atoms with E-state index in [2.05, 4.69) is 74.6 Å². The van der Waals surface area contributed by atoms with Gasteiger partial charge < -0.3 is 24.6 Å². The fraction of sp³-hybridized carbons (Fsp3) is 0.760. The highest BCUT2D eigenvalue weighted by atomic mass is 31.2. The first kappa shape index (κ1) is 58.7. The van der Waals surface area contributed by atoms with Crippen molar-refractivity contribution < 1.29 is 47.8 Å². The summed E-state index contributed by atoms with van der Waals surface area (Å²) in [6, 6.07) is 0. The molecule has 354 valence electrons. The molecule has 0 aliphatic rings. The lowest BCUT2D eigenvalue weighted by Crippen LogP contribution is -2.28. The smallest absolute Gasteiger partial charge is 0.457 e. The Kier molecular flexibility index (Phi) is 43.9. The van der Waals surface area contributed by atoms with Crippen molar-refractivity contribution in [2.24, 2.45) is 0 Å². The molecule has 0 amide bonds. The molecule has 0 aromatic carbocycles. The highest BCUT2D eigenvalue weighted by Gasteiger charge is 2.27. The van der Waals surface area contributed by atoms with Crippen molar-refractivity contribution in [3.05, 3.63) is 60.8 Å². The van der Waals surface area contributed by atoms with Gasteiger partial charge in [-0.2, -0.15) is 0 Å². The number of hydrogen-bond donors (Lipinski definition) is 3. The summed E-state index contributed by atoms with van der Waals surface area (Å²) >= 11 is 0. The minimum atomic E-state index is -4.65. The van der Waals surface area contributed by atoms with Crippen molar-refractivity contribution in [3.63, 3.8) is 0 Å². The lowest BCUT2D eigenvalue weighted by molar-refractivity contribution is -0.153. The number of unbranched alkanes of at least 4 members (excludes halogenated alkanes) is 21. The lowest BCUT2D eigenvalue weighted by atomic mass is 10.1.